The average molecular weight is 300 g/mol. The summed E-state index contributed by atoms with van der Waals surface area (Å²) in [6, 6.07) is 0. The summed E-state index contributed by atoms with van der Waals surface area (Å²) in [6.07, 6.45) is -0.833. The van der Waals surface area contributed by atoms with Gasteiger partial charge in [-0.05, 0) is 6.92 Å². The predicted molar refractivity (Wildman–Crippen MR) is 64.2 cm³/mol. The maximum Gasteiger partial charge on any atom is 0.162 e. The molecule has 0 aromatic carbocycles. The summed E-state index contributed by atoms with van der Waals surface area (Å²) in [4.78, 5) is 0. The molecule has 1 rings (SSSR count). The van der Waals surface area contributed by atoms with Crippen LogP contribution < -0.4 is 0 Å². The molecule has 0 N–H and O–H groups in total. The van der Waals surface area contributed by atoms with E-state index < -0.39 is 23.5 Å². The van der Waals surface area contributed by atoms with Crippen molar-refractivity contribution in [1.29, 1.82) is 0 Å². The highest BCUT2D eigenvalue weighted by Gasteiger charge is 2.45. The normalized spacial score (nSPS) is 40.5. The van der Waals surface area contributed by atoms with Crippen LogP contribution in [0.4, 0.5) is 0 Å². The molecule has 0 saturated carbocycles. The maximum atomic E-state index is 11.1. The largest absolute Gasteiger partial charge is 0.371 e. The van der Waals surface area contributed by atoms with Gasteiger partial charge in [0.05, 0.1) is 29.7 Å². The Hall–Kier alpha value is 0.650. The lowest BCUT2D eigenvalue weighted by molar-refractivity contribution is -0.0797. The highest BCUT2D eigenvalue weighted by Crippen LogP contribution is 2.38. The third-order valence-electron chi connectivity index (χ3n) is 2.57. The minimum absolute atomic E-state index is 0.0685. The number of hydrogen-bond donors (Lipinski definition) is 0. The topological polar surface area (TPSA) is 69.7 Å². The smallest absolute Gasteiger partial charge is 0.162 e. The van der Waals surface area contributed by atoms with Gasteiger partial charge in [-0.3, -0.25) is 13.7 Å². The van der Waals surface area contributed by atoms with Crippen LogP contribution in [-0.2, 0) is 23.0 Å². The minimum atomic E-state index is -0.456. The van der Waals surface area contributed by atoms with Crippen LogP contribution in [0.1, 0.15) is 6.92 Å². The van der Waals surface area contributed by atoms with Crippen LogP contribution in [0, 0.1) is 0 Å². The van der Waals surface area contributed by atoms with Crippen LogP contribution in [0.2, 0.25) is 0 Å². The van der Waals surface area contributed by atoms with E-state index in [0.717, 1.165) is 0 Å². The highest BCUT2D eigenvalue weighted by molar-refractivity contribution is 7.30. The molecule has 3 unspecified atom stereocenters. The molecule has 90 valence electrons. The van der Waals surface area contributed by atoms with Gasteiger partial charge < -0.3 is 9.26 Å². The lowest BCUT2D eigenvalue weighted by atomic mass is 10.0. The van der Waals surface area contributed by atoms with Gasteiger partial charge in [-0.25, -0.2) is 0 Å². The zero-order valence-corrected chi connectivity index (χ0v) is 12.4. The summed E-state index contributed by atoms with van der Waals surface area (Å²) >= 11 is 0. The standard InChI is InChI=1S/C7H12O5P4/c1-3-5(12-13)7(16-10)6(15-9)4(11-3)2-14-8/h3-7H,2,13H2,1H3/t3-,4-,5?,6-,7?/m0/s1. The first-order valence-electron chi connectivity index (χ1n) is 4.64. The fraction of sp³-hybridized carbons (Fsp3) is 1.00. The van der Waals surface area contributed by atoms with Crippen molar-refractivity contribution < 1.29 is 23.0 Å². The third kappa shape index (κ3) is 3.10. The molecule has 0 amide bonds. The Bertz CT molecular complexity index is 276. The van der Waals surface area contributed by atoms with Crippen molar-refractivity contribution in [3.05, 3.63) is 0 Å². The van der Waals surface area contributed by atoms with E-state index in [-0.39, 0.29) is 37.6 Å². The fourth-order valence-corrected chi connectivity index (χ4v) is 4.62. The minimum Gasteiger partial charge on any atom is -0.371 e. The van der Waals surface area contributed by atoms with Gasteiger partial charge in [-0.1, -0.05) is 0 Å². The van der Waals surface area contributed by atoms with Crippen molar-refractivity contribution in [1.82, 2.24) is 0 Å². The Labute approximate surface area is 101 Å². The number of hydrogen-bond acceptors (Lipinski definition) is 5. The zero-order chi connectivity index (χ0) is 12.1. The Kier molecular flexibility index (Phi) is 6.59. The van der Waals surface area contributed by atoms with Crippen molar-refractivity contribution in [2.45, 2.75) is 36.6 Å². The summed E-state index contributed by atoms with van der Waals surface area (Å²) in [5.41, 5.74) is -0.866. The van der Waals surface area contributed by atoms with Gasteiger partial charge in [0.1, 0.15) is 6.10 Å². The van der Waals surface area contributed by atoms with Gasteiger partial charge in [0, 0.05) is 9.47 Å². The van der Waals surface area contributed by atoms with Gasteiger partial charge in [0.2, 0.25) is 0 Å². The second kappa shape index (κ2) is 7.17. The summed E-state index contributed by atoms with van der Waals surface area (Å²) in [5.74, 6) is 0. The van der Waals surface area contributed by atoms with Crippen molar-refractivity contribution >= 4 is 34.8 Å². The first kappa shape index (κ1) is 14.7. The van der Waals surface area contributed by atoms with Gasteiger partial charge in [-0.15, -0.1) is 0 Å². The first-order valence-corrected chi connectivity index (χ1v) is 7.87. The summed E-state index contributed by atoms with van der Waals surface area (Å²) in [5, 5.41) is 0. The lowest BCUT2D eigenvalue weighted by Crippen LogP contribution is -2.53. The molecular formula is C7H12O5P4. The molecule has 0 bridgehead atoms. The van der Waals surface area contributed by atoms with Crippen molar-refractivity contribution in [3.8, 4) is 0 Å². The van der Waals surface area contributed by atoms with Crippen LogP contribution in [-0.4, -0.2) is 35.8 Å². The van der Waals surface area contributed by atoms with E-state index in [9.17, 15) is 13.7 Å². The summed E-state index contributed by atoms with van der Waals surface area (Å²) < 4.78 is 43.5. The SMILES string of the molecule is C[C@@H]1O[C@@H](CP=O)[C@H](P=O)C(P=O)C1OP. The monoisotopic (exact) mass is 300 g/mol. The quantitative estimate of drug-likeness (QED) is 0.730. The predicted octanol–water partition coefficient (Wildman–Crippen LogP) is 2.56. The average Bonchev–Trinajstić information content (AvgIpc) is 2.28. The molecule has 0 aromatic heterocycles. The van der Waals surface area contributed by atoms with E-state index in [2.05, 4.69) is 9.47 Å². The van der Waals surface area contributed by atoms with Crippen LogP contribution >= 0.6 is 34.8 Å². The van der Waals surface area contributed by atoms with Gasteiger partial charge in [0.15, 0.2) is 25.4 Å². The summed E-state index contributed by atoms with van der Waals surface area (Å²) in [6.45, 7) is 1.79. The van der Waals surface area contributed by atoms with E-state index in [1.165, 1.54) is 0 Å². The highest BCUT2D eigenvalue weighted by atomic mass is 31.1. The van der Waals surface area contributed by atoms with Crippen LogP contribution in [0.25, 0.3) is 0 Å². The molecule has 9 heteroatoms. The van der Waals surface area contributed by atoms with E-state index in [0.29, 0.717) is 0 Å². The Balaban J connectivity index is 2.90. The maximum absolute atomic E-state index is 11.1. The second-order valence-electron chi connectivity index (χ2n) is 3.48. The van der Waals surface area contributed by atoms with E-state index >= 15 is 0 Å². The Morgan fingerprint density at radius 1 is 1.25 bits per heavy atom. The molecule has 1 saturated heterocycles. The molecule has 0 radical (unpaired) electrons. The lowest BCUT2D eigenvalue weighted by Gasteiger charge is -2.39. The molecular weight excluding hydrogens is 288 g/mol. The van der Waals surface area contributed by atoms with Crippen molar-refractivity contribution in [3.63, 3.8) is 0 Å². The van der Waals surface area contributed by atoms with Crippen LogP contribution in [0.5, 0.6) is 0 Å². The Morgan fingerprint density at radius 3 is 2.31 bits per heavy atom. The molecule has 1 heterocycles. The molecule has 1 aliphatic heterocycles. The molecule has 0 aromatic rings. The second-order valence-corrected chi connectivity index (χ2v) is 5.99. The zero-order valence-electron chi connectivity index (χ0n) is 8.55. The molecule has 16 heavy (non-hydrogen) atoms. The molecule has 6 atom stereocenters. The summed E-state index contributed by atoms with van der Waals surface area (Å²) in [7, 11) is 1.75. The van der Waals surface area contributed by atoms with Gasteiger partial charge in [0.25, 0.3) is 0 Å². The van der Waals surface area contributed by atoms with E-state index in [1.54, 1.807) is 6.92 Å². The molecule has 5 nitrogen and oxygen atoms in total. The molecule has 0 spiro atoms. The third-order valence-corrected chi connectivity index (χ3v) is 5.39. The van der Waals surface area contributed by atoms with Crippen molar-refractivity contribution in [2.75, 3.05) is 6.16 Å². The van der Waals surface area contributed by atoms with Gasteiger partial charge in [-0.2, -0.15) is 0 Å². The molecule has 1 fully saturated rings. The van der Waals surface area contributed by atoms with Crippen molar-refractivity contribution in [2.24, 2.45) is 0 Å². The van der Waals surface area contributed by atoms with E-state index in [4.69, 9.17) is 9.26 Å². The number of rotatable bonds is 5. The van der Waals surface area contributed by atoms with Crippen LogP contribution in [0.3, 0.4) is 0 Å². The molecule has 0 aliphatic carbocycles. The van der Waals surface area contributed by atoms with Gasteiger partial charge >= 0.3 is 0 Å². The Morgan fingerprint density at radius 2 is 1.88 bits per heavy atom. The fourth-order valence-electron chi connectivity index (χ4n) is 1.79. The number of ether oxygens (including phenoxy) is 1. The van der Waals surface area contributed by atoms with E-state index in [1.807, 2.05) is 0 Å². The molecule has 1 aliphatic rings. The van der Waals surface area contributed by atoms with Crippen LogP contribution in [0.15, 0.2) is 0 Å². The first-order chi connectivity index (χ1) is 7.69.